The highest BCUT2D eigenvalue weighted by atomic mass is 35.5. The van der Waals surface area contributed by atoms with Crippen LogP contribution in [-0.4, -0.2) is 26.6 Å². The van der Waals surface area contributed by atoms with Crippen LogP contribution in [0, 0.1) is 6.92 Å². The fourth-order valence-corrected chi connectivity index (χ4v) is 5.54. The van der Waals surface area contributed by atoms with Crippen molar-refractivity contribution in [3.05, 3.63) is 80.4 Å². The minimum Gasteiger partial charge on any atom is -0.484 e. The minimum absolute atomic E-state index is 0.0792. The number of ether oxygens (including phenoxy) is 1. The van der Waals surface area contributed by atoms with Crippen LogP contribution in [0.2, 0.25) is 10.0 Å². The molecule has 4 heterocycles. The van der Waals surface area contributed by atoms with Crippen molar-refractivity contribution >= 4 is 62.3 Å². The number of aromatic nitrogens is 3. The molecule has 0 saturated heterocycles. The Kier molecular flexibility index (Phi) is 7.92. The van der Waals surface area contributed by atoms with Crippen LogP contribution in [0.3, 0.4) is 0 Å². The minimum atomic E-state index is -4.78. The van der Waals surface area contributed by atoms with E-state index in [1.54, 1.807) is 36.0 Å². The summed E-state index contributed by atoms with van der Waals surface area (Å²) in [6.07, 6.45) is -3.19. The van der Waals surface area contributed by atoms with Crippen molar-refractivity contribution in [2.75, 3.05) is 5.32 Å². The zero-order valence-corrected chi connectivity index (χ0v) is 24.1. The number of carbonyl (C=O) groups is 2. The summed E-state index contributed by atoms with van der Waals surface area (Å²) in [6.45, 7) is 3.85. The van der Waals surface area contributed by atoms with Crippen LogP contribution in [0.4, 0.5) is 18.9 Å². The van der Waals surface area contributed by atoms with Crippen molar-refractivity contribution in [3.8, 4) is 16.9 Å². The number of nitrogens with one attached hydrogen (secondary N) is 1. The Bertz CT molecular complexity index is 1850. The summed E-state index contributed by atoms with van der Waals surface area (Å²) >= 11 is 12.8. The number of amides is 2. The topological polar surface area (TPSA) is 125 Å². The molecule has 0 saturated carbocycles. The highest BCUT2D eigenvalue weighted by Crippen LogP contribution is 2.44. The van der Waals surface area contributed by atoms with Crippen molar-refractivity contribution in [1.82, 2.24) is 14.8 Å². The molecular formula is C27H20Cl2F3N5O4S. The highest BCUT2D eigenvalue weighted by molar-refractivity contribution is 7.21. The van der Waals surface area contributed by atoms with E-state index in [9.17, 15) is 22.8 Å². The average molecular weight is 638 g/mol. The van der Waals surface area contributed by atoms with E-state index < -0.39 is 23.7 Å². The number of hydrogen-bond donors (Lipinski definition) is 2. The smallest absolute Gasteiger partial charge is 0.433 e. The molecule has 1 aromatic carbocycles. The molecule has 2 amide bonds. The van der Waals surface area contributed by atoms with Crippen LogP contribution in [0.5, 0.6) is 5.75 Å². The molecule has 5 rings (SSSR count). The molecule has 0 radical (unpaired) electrons. The fourth-order valence-electron chi connectivity index (χ4n) is 4.19. The van der Waals surface area contributed by atoms with Gasteiger partial charge in [-0.2, -0.15) is 18.3 Å². The number of anilines is 1. The van der Waals surface area contributed by atoms with Gasteiger partial charge in [-0.15, -0.1) is 11.3 Å². The van der Waals surface area contributed by atoms with Gasteiger partial charge in [0.05, 0.1) is 16.4 Å². The van der Waals surface area contributed by atoms with E-state index in [4.69, 9.17) is 38.1 Å². The maximum atomic E-state index is 13.8. The zero-order chi connectivity index (χ0) is 30.3. The number of nitrogens with zero attached hydrogens (tertiary/aromatic N) is 3. The second kappa shape index (κ2) is 11.3. The second-order valence-corrected chi connectivity index (χ2v) is 10.7. The van der Waals surface area contributed by atoms with Crippen LogP contribution < -0.4 is 15.8 Å². The lowest BCUT2D eigenvalue weighted by Gasteiger charge is -2.11. The average Bonchev–Trinajstić information content (AvgIpc) is 3.65. The van der Waals surface area contributed by atoms with Gasteiger partial charge in [0.15, 0.2) is 5.76 Å². The summed E-state index contributed by atoms with van der Waals surface area (Å²) in [6, 6.07) is 8.61. The van der Waals surface area contributed by atoms with Gasteiger partial charge in [-0.05, 0) is 49.7 Å². The van der Waals surface area contributed by atoms with E-state index >= 15 is 0 Å². The molecule has 0 fully saturated rings. The van der Waals surface area contributed by atoms with Crippen molar-refractivity contribution in [2.24, 2.45) is 5.73 Å². The first-order valence-electron chi connectivity index (χ1n) is 12.2. The number of hydrogen-bond acceptors (Lipinski definition) is 7. The predicted octanol–water partition coefficient (Wildman–Crippen LogP) is 7.34. The first-order valence-corrected chi connectivity index (χ1v) is 13.8. The van der Waals surface area contributed by atoms with E-state index in [-0.39, 0.29) is 49.5 Å². The predicted molar refractivity (Wildman–Crippen MR) is 152 cm³/mol. The number of fused-ring (bicyclic) bond motifs is 1. The molecule has 0 aliphatic rings. The number of pyridine rings is 1. The molecule has 218 valence electrons. The number of carbonyl (C=O) groups excluding carboxylic acids is 2. The van der Waals surface area contributed by atoms with Crippen LogP contribution in [0.1, 0.15) is 44.3 Å². The van der Waals surface area contributed by atoms with E-state index in [0.29, 0.717) is 39.9 Å². The number of primary amides is 1. The highest BCUT2D eigenvalue weighted by Gasteiger charge is 2.35. The quantitative estimate of drug-likeness (QED) is 0.183. The van der Waals surface area contributed by atoms with Gasteiger partial charge in [-0.1, -0.05) is 29.3 Å². The summed E-state index contributed by atoms with van der Waals surface area (Å²) in [7, 11) is 0. The number of nitrogens with two attached hydrogens (primary N) is 1. The van der Waals surface area contributed by atoms with Gasteiger partial charge in [0, 0.05) is 23.7 Å². The van der Waals surface area contributed by atoms with Crippen molar-refractivity contribution in [1.29, 1.82) is 0 Å². The molecule has 4 aromatic heterocycles. The summed E-state index contributed by atoms with van der Waals surface area (Å²) < 4.78 is 54.3. The summed E-state index contributed by atoms with van der Waals surface area (Å²) in [5, 5.41) is 7.55. The fraction of sp³-hybridized carbons (Fsp3) is 0.185. The third kappa shape index (κ3) is 5.67. The molecular weight excluding hydrogens is 618 g/mol. The lowest BCUT2D eigenvalue weighted by molar-refractivity contribution is -0.140. The molecule has 5 aromatic rings. The van der Waals surface area contributed by atoms with Gasteiger partial charge in [-0.25, -0.2) is 4.98 Å². The van der Waals surface area contributed by atoms with Crippen molar-refractivity contribution in [3.63, 3.8) is 0 Å². The number of furan rings is 1. The Hall–Kier alpha value is -4.07. The maximum absolute atomic E-state index is 13.8. The Morgan fingerprint density at radius 1 is 1.19 bits per heavy atom. The molecule has 0 unspecified atom stereocenters. The van der Waals surface area contributed by atoms with Gasteiger partial charge in [0.25, 0.3) is 11.8 Å². The molecule has 0 spiro atoms. The number of rotatable bonds is 8. The van der Waals surface area contributed by atoms with Crippen LogP contribution in [0.25, 0.3) is 21.3 Å². The van der Waals surface area contributed by atoms with Gasteiger partial charge in [0.1, 0.15) is 38.5 Å². The summed E-state index contributed by atoms with van der Waals surface area (Å²) in [5.41, 5.74) is 5.21. The van der Waals surface area contributed by atoms with Crippen LogP contribution >= 0.6 is 34.5 Å². The number of thiophene rings is 1. The zero-order valence-electron chi connectivity index (χ0n) is 21.8. The number of halogens is 5. The number of alkyl halides is 3. The standard InChI is InChI=1S/C27H20Cl2F3N5O4S/c1-3-37-10-15(12(2)36-37)14-9-19(27(30,31)32)34-26-20(14)22(23(42-26)24(33)38)35-25(39)18-8-7-13(41-18)11-40-17-6-4-5-16(28)21(17)29/h4-10H,3,11H2,1-2H3,(H2,33,38)(H,35,39). The van der Waals surface area contributed by atoms with Crippen molar-refractivity contribution in [2.45, 2.75) is 33.2 Å². The maximum Gasteiger partial charge on any atom is 0.433 e. The van der Waals surface area contributed by atoms with E-state index in [2.05, 4.69) is 15.4 Å². The van der Waals surface area contributed by atoms with Crippen molar-refractivity contribution < 1.29 is 31.9 Å². The Morgan fingerprint density at radius 3 is 2.62 bits per heavy atom. The second-order valence-electron chi connectivity index (χ2n) is 8.95. The molecule has 0 atom stereocenters. The summed E-state index contributed by atoms with van der Waals surface area (Å²) in [5.74, 6) is -1.32. The molecule has 9 nitrogen and oxygen atoms in total. The first kappa shape index (κ1) is 29.4. The number of aryl methyl sites for hydroxylation is 2. The van der Waals surface area contributed by atoms with Crippen LogP contribution in [-0.2, 0) is 19.3 Å². The molecule has 0 bridgehead atoms. The molecule has 0 aliphatic carbocycles. The largest absolute Gasteiger partial charge is 0.484 e. The van der Waals surface area contributed by atoms with E-state index in [1.807, 2.05) is 6.92 Å². The van der Waals surface area contributed by atoms with Gasteiger partial charge >= 0.3 is 6.18 Å². The monoisotopic (exact) mass is 637 g/mol. The normalized spacial score (nSPS) is 11.7. The van der Waals surface area contributed by atoms with E-state index in [0.717, 1.165) is 6.07 Å². The van der Waals surface area contributed by atoms with E-state index in [1.165, 1.54) is 12.1 Å². The molecule has 42 heavy (non-hydrogen) atoms. The first-order chi connectivity index (χ1) is 19.9. The Labute approximate surface area is 250 Å². The SMILES string of the molecule is CCn1cc(-c2cc(C(F)(F)F)nc3sc(C(N)=O)c(NC(=O)c4ccc(COc5cccc(Cl)c5Cl)o4)c23)c(C)n1. The third-order valence-corrected chi connectivity index (χ3v) is 8.05. The molecule has 0 aliphatic heterocycles. The molecule has 15 heteroatoms. The lowest BCUT2D eigenvalue weighted by Crippen LogP contribution is -2.16. The van der Waals surface area contributed by atoms with Gasteiger partial charge in [0.2, 0.25) is 0 Å². The van der Waals surface area contributed by atoms with Gasteiger partial charge in [-0.3, -0.25) is 14.3 Å². The Morgan fingerprint density at radius 2 is 1.95 bits per heavy atom. The Balaban J connectivity index is 1.53. The third-order valence-electron chi connectivity index (χ3n) is 6.15. The summed E-state index contributed by atoms with van der Waals surface area (Å²) in [4.78, 5) is 29.1. The lowest BCUT2D eigenvalue weighted by atomic mass is 10.0. The van der Waals surface area contributed by atoms with Gasteiger partial charge < -0.3 is 20.2 Å². The molecule has 3 N–H and O–H groups in total. The number of benzene rings is 1. The van der Waals surface area contributed by atoms with Crippen LogP contribution in [0.15, 0.2) is 47.0 Å².